The second kappa shape index (κ2) is 13.5. The van der Waals surface area contributed by atoms with Crippen LogP contribution in [0, 0.1) is 23.7 Å². The number of carbonyl (C=O) groups excluding carboxylic acids is 4. The zero-order valence-electron chi connectivity index (χ0n) is 27.4. The van der Waals surface area contributed by atoms with E-state index < -0.39 is 83.5 Å². The summed E-state index contributed by atoms with van der Waals surface area (Å²) in [6, 6.07) is -0.265. The summed E-state index contributed by atoms with van der Waals surface area (Å²) in [5.74, 6) is -5.09. The van der Waals surface area contributed by atoms with Crippen LogP contribution in [0.4, 0.5) is 4.79 Å². The first-order chi connectivity index (χ1) is 19.9. The van der Waals surface area contributed by atoms with E-state index in [4.69, 9.17) is 28.4 Å². The second-order valence-corrected chi connectivity index (χ2v) is 13.3. The number of nitrogens with zero attached hydrogens (tertiary/aromatic N) is 1. The van der Waals surface area contributed by atoms with Crippen LogP contribution in [0.5, 0.6) is 0 Å². The number of ketones is 2. The summed E-state index contributed by atoms with van der Waals surface area (Å²) in [6.45, 7) is 13.5. The monoisotopic (exact) mass is 613 g/mol. The molecule has 3 saturated heterocycles. The molecule has 43 heavy (non-hydrogen) atoms. The number of hydrogen-bond acceptors (Lipinski definition) is 12. The van der Waals surface area contributed by atoms with Crippen molar-refractivity contribution in [1.29, 1.82) is 0 Å². The van der Waals surface area contributed by atoms with Gasteiger partial charge in [0, 0.05) is 25.0 Å². The van der Waals surface area contributed by atoms with Gasteiger partial charge in [0.1, 0.15) is 23.9 Å². The molecular formula is C31H51NO11. The molecule has 3 rings (SSSR count). The highest BCUT2D eigenvalue weighted by molar-refractivity contribution is 6.00. The zero-order valence-corrected chi connectivity index (χ0v) is 27.4. The number of aliphatic hydroxyl groups is 1. The minimum absolute atomic E-state index is 0.124. The molecule has 12 heteroatoms. The maximum absolute atomic E-state index is 13.9. The number of rotatable bonds is 5. The van der Waals surface area contributed by atoms with Crippen LogP contribution in [0.25, 0.3) is 0 Å². The number of cyclic esters (lactones) is 1. The summed E-state index contributed by atoms with van der Waals surface area (Å²) in [5, 5.41) is 11.2. The minimum Gasteiger partial charge on any atom is -0.457 e. The average molecular weight is 614 g/mol. The molecule has 0 bridgehead atoms. The predicted molar refractivity (Wildman–Crippen MR) is 154 cm³/mol. The first-order valence-electron chi connectivity index (χ1n) is 15.3. The molecule has 0 radical (unpaired) electrons. The van der Waals surface area contributed by atoms with E-state index >= 15 is 0 Å². The molecule has 0 aliphatic carbocycles. The molecule has 0 saturated carbocycles. The number of fused-ring (bicyclic) bond motifs is 1. The number of hydrogen-bond donors (Lipinski definition) is 1. The van der Waals surface area contributed by atoms with Crippen molar-refractivity contribution >= 4 is 23.7 Å². The van der Waals surface area contributed by atoms with E-state index in [9.17, 15) is 24.3 Å². The SMILES string of the molecule is CC[C@H]1OC(=O)[C@H](C)C(=O)[C@H](C)[C@@H](O[C@@H]2O[C@H](C)C[C@H](N(C)C)[C@H]2O)[C@@](C)(OC)C[C@@H](C)C(=O)[C@H](C)[C@H]2OC(=O)O[C@@]21C. The van der Waals surface area contributed by atoms with Crippen molar-refractivity contribution in [1.82, 2.24) is 4.90 Å². The summed E-state index contributed by atoms with van der Waals surface area (Å²) >= 11 is 0. The van der Waals surface area contributed by atoms with Crippen LogP contribution >= 0.6 is 0 Å². The van der Waals surface area contributed by atoms with Crippen LogP contribution < -0.4 is 0 Å². The van der Waals surface area contributed by atoms with Crippen molar-refractivity contribution in [3.05, 3.63) is 0 Å². The first-order valence-corrected chi connectivity index (χ1v) is 15.3. The fraction of sp³-hybridized carbons (Fsp3) is 0.871. The van der Waals surface area contributed by atoms with Gasteiger partial charge in [-0.05, 0) is 61.1 Å². The number of aliphatic hydroxyl groups excluding tert-OH is 1. The lowest BCUT2D eigenvalue weighted by molar-refractivity contribution is -0.295. The molecule has 0 spiro atoms. The zero-order chi connectivity index (χ0) is 32.6. The van der Waals surface area contributed by atoms with Gasteiger partial charge in [-0.3, -0.25) is 14.4 Å². The highest BCUT2D eigenvalue weighted by atomic mass is 16.8. The molecule has 12 nitrogen and oxygen atoms in total. The van der Waals surface area contributed by atoms with Gasteiger partial charge in [0.05, 0.1) is 23.7 Å². The number of carbonyl (C=O) groups is 4. The normalized spacial score (nSPS) is 45.2. The third kappa shape index (κ3) is 6.93. The van der Waals surface area contributed by atoms with E-state index in [0.29, 0.717) is 6.42 Å². The molecule has 3 aliphatic heterocycles. The number of likely N-dealkylation sites (N-methyl/N-ethyl adjacent to an activating group) is 1. The van der Waals surface area contributed by atoms with Crippen molar-refractivity contribution in [3.63, 3.8) is 0 Å². The minimum atomic E-state index is -1.45. The van der Waals surface area contributed by atoms with Crippen LogP contribution in [0.1, 0.15) is 74.7 Å². The van der Waals surface area contributed by atoms with Gasteiger partial charge in [0.25, 0.3) is 0 Å². The molecule has 0 aromatic heterocycles. The highest BCUT2D eigenvalue weighted by Crippen LogP contribution is 2.41. The molecule has 0 unspecified atom stereocenters. The lowest BCUT2D eigenvalue weighted by Crippen LogP contribution is -2.59. The Bertz CT molecular complexity index is 1050. The van der Waals surface area contributed by atoms with Gasteiger partial charge in [-0.15, -0.1) is 0 Å². The summed E-state index contributed by atoms with van der Waals surface area (Å²) in [4.78, 5) is 55.5. The maximum atomic E-state index is 13.9. The smallest absolute Gasteiger partial charge is 0.457 e. The lowest BCUT2D eigenvalue weighted by Gasteiger charge is -2.47. The Balaban J connectivity index is 2.09. The van der Waals surface area contributed by atoms with Crippen LogP contribution in [0.2, 0.25) is 0 Å². The van der Waals surface area contributed by atoms with E-state index in [1.807, 2.05) is 25.9 Å². The molecule has 0 aromatic carbocycles. The van der Waals surface area contributed by atoms with Crippen molar-refractivity contribution in [3.8, 4) is 0 Å². The number of methoxy groups -OCH3 is 1. The first kappa shape index (κ1) is 35.4. The van der Waals surface area contributed by atoms with Crippen LogP contribution in [-0.2, 0) is 42.8 Å². The lowest BCUT2D eigenvalue weighted by atomic mass is 9.74. The third-order valence-corrected chi connectivity index (χ3v) is 9.77. The number of Topliss-reactive ketones (excluding diaryl/α,β-unsaturated/α-hetero) is 2. The van der Waals surface area contributed by atoms with Gasteiger partial charge in [0.2, 0.25) is 0 Å². The van der Waals surface area contributed by atoms with Crippen molar-refractivity contribution in [2.45, 2.75) is 129 Å². The van der Waals surface area contributed by atoms with Crippen LogP contribution in [-0.4, -0.2) is 109 Å². The highest BCUT2D eigenvalue weighted by Gasteiger charge is 2.59. The molecule has 3 heterocycles. The van der Waals surface area contributed by atoms with E-state index in [2.05, 4.69) is 0 Å². The second-order valence-electron chi connectivity index (χ2n) is 13.3. The maximum Gasteiger partial charge on any atom is 0.509 e. The standard InChI is InChI=1S/C31H51NO11/c1-12-21-31(8)26(42-29(37)43-31)17(4)22(33)15(2)14-30(7,38-11)25(18(5)23(34)19(6)27(36)40-21)41-28-24(35)20(32(9)10)13-16(3)39-28/h15-21,24-26,28,35H,12-14H2,1-11H3/t15-,16-,17+,18+,19-,20+,21-,24-,25-,26-,28+,30+,31-/m1/s1. The van der Waals surface area contributed by atoms with Crippen molar-refractivity contribution in [2.75, 3.05) is 21.2 Å². The summed E-state index contributed by atoms with van der Waals surface area (Å²) < 4.78 is 35.4. The summed E-state index contributed by atoms with van der Waals surface area (Å²) in [7, 11) is 5.19. The molecule has 13 atom stereocenters. The number of ether oxygens (including phenoxy) is 6. The molecule has 3 fully saturated rings. The topological polar surface area (TPSA) is 147 Å². The average Bonchev–Trinajstić information content (AvgIpc) is 3.27. The Morgan fingerprint density at radius 1 is 0.977 bits per heavy atom. The van der Waals surface area contributed by atoms with Gasteiger partial charge < -0.3 is 38.4 Å². The Hall–Kier alpha value is -2.12. The van der Waals surface area contributed by atoms with Gasteiger partial charge in [-0.25, -0.2) is 4.79 Å². The van der Waals surface area contributed by atoms with E-state index in [-0.39, 0.29) is 30.8 Å². The third-order valence-electron chi connectivity index (χ3n) is 9.77. The van der Waals surface area contributed by atoms with E-state index in [0.717, 1.165) is 0 Å². The summed E-state index contributed by atoms with van der Waals surface area (Å²) in [5.41, 5.74) is -2.69. The largest absolute Gasteiger partial charge is 0.509 e. The quantitative estimate of drug-likeness (QED) is 0.359. The molecule has 246 valence electrons. The van der Waals surface area contributed by atoms with E-state index in [1.54, 1.807) is 41.5 Å². The van der Waals surface area contributed by atoms with Crippen LogP contribution in [0.3, 0.4) is 0 Å². The fourth-order valence-electron chi connectivity index (χ4n) is 7.05. The Morgan fingerprint density at radius 3 is 2.16 bits per heavy atom. The fourth-order valence-corrected chi connectivity index (χ4v) is 7.05. The Morgan fingerprint density at radius 2 is 1.60 bits per heavy atom. The summed E-state index contributed by atoms with van der Waals surface area (Å²) in [6.07, 6.45) is -5.42. The van der Waals surface area contributed by atoms with Gasteiger partial charge in [0.15, 0.2) is 23.8 Å². The van der Waals surface area contributed by atoms with Gasteiger partial charge in [-0.2, -0.15) is 0 Å². The molecule has 3 aliphatic rings. The molecule has 1 N–H and O–H groups in total. The molecule has 0 amide bonds. The van der Waals surface area contributed by atoms with Gasteiger partial charge in [-0.1, -0.05) is 27.7 Å². The van der Waals surface area contributed by atoms with Crippen molar-refractivity contribution in [2.24, 2.45) is 23.7 Å². The molecule has 0 aromatic rings. The Labute approximate surface area is 255 Å². The molecular weight excluding hydrogens is 562 g/mol. The van der Waals surface area contributed by atoms with E-state index in [1.165, 1.54) is 14.0 Å². The number of esters is 1. The van der Waals surface area contributed by atoms with Gasteiger partial charge >= 0.3 is 12.1 Å². The predicted octanol–water partition coefficient (Wildman–Crippen LogP) is 2.90. The van der Waals surface area contributed by atoms with Crippen molar-refractivity contribution < 1.29 is 52.7 Å². The van der Waals surface area contributed by atoms with Crippen LogP contribution in [0.15, 0.2) is 0 Å². The Kier molecular flexibility index (Phi) is 11.1.